The van der Waals surface area contributed by atoms with E-state index in [-0.39, 0.29) is 15.5 Å². The van der Waals surface area contributed by atoms with Crippen molar-refractivity contribution in [2.24, 2.45) is 0 Å². The van der Waals surface area contributed by atoms with Gasteiger partial charge in [0.25, 0.3) is 14.7 Å². The normalized spacial score (nSPS) is 12.3. The minimum absolute atomic E-state index is 0.143. The number of rotatable bonds is 6. The first-order valence-electron chi connectivity index (χ1n) is 8.64. The van der Waals surface area contributed by atoms with Crippen LogP contribution in [0.4, 0.5) is 5.69 Å². The average Bonchev–Trinajstić information content (AvgIpc) is 2.62. The number of hydrogen-bond donors (Lipinski definition) is 1. The Morgan fingerprint density at radius 2 is 1.79 bits per heavy atom. The molecule has 0 aliphatic rings. The minimum atomic E-state index is -3.55. The summed E-state index contributed by atoms with van der Waals surface area (Å²) in [6.45, 7) is 5.71. The average molecular weight is 425 g/mol. The van der Waals surface area contributed by atoms with Crippen molar-refractivity contribution in [3.8, 4) is 0 Å². The SMILES string of the molecule is CNC(C)CC=Cc1ccc(C)c([N+](=O)[O-])c1.Cc1ccc(S(=O)(=O)Cl)cc1. The molecule has 152 valence electrons. The predicted octanol–water partition coefficient (Wildman–Crippen LogP) is 4.84. The molecule has 28 heavy (non-hydrogen) atoms. The van der Waals surface area contributed by atoms with Crippen molar-refractivity contribution in [3.05, 3.63) is 75.3 Å². The molecular weight excluding hydrogens is 400 g/mol. The maximum atomic E-state index is 10.8. The Morgan fingerprint density at radius 1 is 1.18 bits per heavy atom. The fraction of sp³-hybridized carbons (Fsp3) is 0.300. The molecule has 0 aromatic heterocycles. The van der Waals surface area contributed by atoms with Crippen molar-refractivity contribution in [1.29, 1.82) is 0 Å². The summed E-state index contributed by atoms with van der Waals surface area (Å²) in [4.78, 5) is 10.6. The van der Waals surface area contributed by atoms with Gasteiger partial charge in [0.15, 0.2) is 0 Å². The molecule has 0 fully saturated rings. The van der Waals surface area contributed by atoms with Gasteiger partial charge in [-0.05, 0) is 51.9 Å². The molecule has 1 N–H and O–H groups in total. The highest BCUT2D eigenvalue weighted by Crippen LogP contribution is 2.20. The van der Waals surface area contributed by atoms with Crippen molar-refractivity contribution in [3.63, 3.8) is 0 Å². The fourth-order valence-corrected chi connectivity index (χ4v) is 2.92. The molecule has 0 amide bonds. The molecule has 1 unspecified atom stereocenters. The minimum Gasteiger partial charge on any atom is -0.317 e. The van der Waals surface area contributed by atoms with E-state index < -0.39 is 9.05 Å². The van der Waals surface area contributed by atoms with Crippen molar-refractivity contribution < 1.29 is 13.3 Å². The van der Waals surface area contributed by atoms with Gasteiger partial charge in [-0.1, -0.05) is 42.0 Å². The Hall–Kier alpha value is -2.22. The van der Waals surface area contributed by atoms with E-state index >= 15 is 0 Å². The smallest absolute Gasteiger partial charge is 0.272 e. The number of nitrogens with one attached hydrogen (secondary N) is 1. The van der Waals surface area contributed by atoms with Gasteiger partial charge in [0, 0.05) is 28.4 Å². The highest BCUT2D eigenvalue weighted by atomic mass is 35.7. The summed E-state index contributed by atoms with van der Waals surface area (Å²) in [5, 5.41) is 13.9. The van der Waals surface area contributed by atoms with E-state index in [1.807, 2.05) is 32.2 Å². The second kappa shape index (κ2) is 10.9. The number of nitro benzene ring substituents is 1. The highest BCUT2D eigenvalue weighted by molar-refractivity contribution is 8.13. The largest absolute Gasteiger partial charge is 0.317 e. The molecule has 0 radical (unpaired) electrons. The van der Waals surface area contributed by atoms with Crippen LogP contribution in [0.5, 0.6) is 0 Å². The summed E-state index contributed by atoms with van der Waals surface area (Å²) in [6, 6.07) is 12.1. The Bertz CT molecular complexity index is 926. The van der Waals surface area contributed by atoms with Crippen LogP contribution in [0.3, 0.4) is 0 Å². The molecule has 2 aromatic rings. The summed E-state index contributed by atoms with van der Waals surface area (Å²) in [7, 11) is 3.45. The number of hydrogen-bond acceptors (Lipinski definition) is 5. The summed E-state index contributed by atoms with van der Waals surface area (Å²) < 4.78 is 21.4. The summed E-state index contributed by atoms with van der Waals surface area (Å²) >= 11 is 0. The third-order valence-electron chi connectivity index (χ3n) is 4.03. The van der Waals surface area contributed by atoms with Crippen molar-refractivity contribution in [2.75, 3.05) is 7.05 Å². The first-order chi connectivity index (χ1) is 13.0. The highest BCUT2D eigenvalue weighted by Gasteiger charge is 2.09. The van der Waals surface area contributed by atoms with Gasteiger partial charge in [-0.3, -0.25) is 10.1 Å². The Labute approximate surface area is 170 Å². The first kappa shape index (κ1) is 23.8. The van der Waals surface area contributed by atoms with Crippen LogP contribution in [0.1, 0.15) is 30.0 Å². The predicted molar refractivity (Wildman–Crippen MR) is 114 cm³/mol. The Kier molecular flexibility index (Phi) is 9.31. The lowest BCUT2D eigenvalue weighted by Gasteiger charge is -2.05. The van der Waals surface area contributed by atoms with Gasteiger partial charge in [0.2, 0.25) is 0 Å². The van der Waals surface area contributed by atoms with E-state index in [1.54, 1.807) is 31.2 Å². The Morgan fingerprint density at radius 3 is 2.29 bits per heavy atom. The molecule has 0 aliphatic heterocycles. The van der Waals surface area contributed by atoms with Gasteiger partial charge < -0.3 is 5.32 Å². The maximum Gasteiger partial charge on any atom is 0.272 e. The summed E-state index contributed by atoms with van der Waals surface area (Å²) in [5.41, 5.74) is 2.74. The van der Waals surface area contributed by atoms with E-state index in [9.17, 15) is 18.5 Å². The summed E-state index contributed by atoms with van der Waals surface area (Å²) in [6.07, 6.45) is 4.84. The molecule has 0 spiro atoms. The lowest BCUT2D eigenvalue weighted by molar-refractivity contribution is -0.385. The number of aryl methyl sites for hydroxylation is 2. The van der Waals surface area contributed by atoms with Crippen molar-refractivity contribution in [1.82, 2.24) is 5.32 Å². The van der Waals surface area contributed by atoms with Gasteiger partial charge in [-0.15, -0.1) is 0 Å². The third kappa shape index (κ3) is 8.21. The first-order valence-corrected chi connectivity index (χ1v) is 11.0. The van der Waals surface area contributed by atoms with Gasteiger partial charge in [-0.2, -0.15) is 0 Å². The van der Waals surface area contributed by atoms with Crippen LogP contribution < -0.4 is 5.32 Å². The van der Waals surface area contributed by atoms with E-state index in [1.165, 1.54) is 12.1 Å². The maximum absolute atomic E-state index is 10.8. The van der Waals surface area contributed by atoms with E-state index in [4.69, 9.17) is 10.7 Å². The second-order valence-corrected chi connectivity index (χ2v) is 8.95. The number of nitrogens with zero attached hydrogens (tertiary/aromatic N) is 1. The topological polar surface area (TPSA) is 89.3 Å². The van der Waals surface area contributed by atoms with Gasteiger partial charge in [-0.25, -0.2) is 8.42 Å². The second-order valence-electron chi connectivity index (χ2n) is 6.38. The van der Waals surface area contributed by atoms with Crippen molar-refractivity contribution in [2.45, 2.75) is 38.1 Å². The standard InChI is InChI=1S/C13H18N2O2.C7H7ClO2S/c1-10-7-8-12(9-13(10)15(16)17)6-4-5-11(2)14-3;1-6-2-4-7(5-3-6)11(8,9)10/h4,6-9,11,14H,5H2,1-3H3;2-5H,1H3. The quantitative estimate of drug-likeness (QED) is 0.407. The van der Waals surface area contributed by atoms with Crippen LogP contribution in [0, 0.1) is 24.0 Å². The van der Waals surface area contributed by atoms with Crippen LogP contribution in [-0.2, 0) is 9.05 Å². The number of halogens is 1. The molecule has 0 aliphatic carbocycles. The lowest BCUT2D eigenvalue weighted by Crippen LogP contribution is -2.19. The molecular formula is C20H25ClN2O4S. The molecule has 0 saturated carbocycles. The number of benzene rings is 2. The molecule has 8 heteroatoms. The molecule has 0 heterocycles. The molecule has 1 atom stereocenters. The van der Waals surface area contributed by atoms with Crippen LogP contribution in [0.2, 0.25) is 0 Å². The lowest BCUT2D eigenvalue weighted by atomic mass is 10.1. The zero-order chi connectivity index (χ0) is 21.3. The molecule has 2 rings (SSSR count). The molecule has 0 saturated heterocycles. The zero-order valence-corrected chi connectivity index (χ0v) is 17.9. The van der Waals surface area contributed by atoms with E-state index in [0.717, 1.165) is 17.5 Å². The third-order valence-corrected chi connectivity index (χ3v) is 5.39. The zero-order valence-electron chi connectivity index (χ0n) is 16.3. The van der Waals surface area contributed by atoms with Crippen LogP contribution in [-0.4, -0.2) is 26.4 Å². The van der Waals surface area contributed by atoms with E-state index in [0.29, 0.717) is 11.6 Å². The monoisotopic (exact) mass is 424 g/mol. The molecule has 0 bridgehead atoms. The van der Waals surface area contributed by atoms with Crippen LogP contribution in [0.25, 0.3) is 6.08 Å². The molecule has 2 aromatic carbocycles. The van der Waals surface area contributed by atoms with E-state index in [2.05, 4.69) is 12.2 Å². The van der Waals surface area contributed by atoms with Gasteiger partial charge >= 0.3 is 0 Å². The Balaban J connectivity index is 0.000000307. The van der Waals surface area contributed by atoms with Gasteiger partial charge in [0.05, 0.1) is 9.82 Å². The van der Waals surface area contributed by atoms with Crippen LogP contribution >= 0.6 is 10.7 Å². The van der Waals surface area contributed by atoms with Gasteiger partial charge in [0.1, 0.15) is 0 Å². The fourth-order valence-electron chi connectivity index (χ4n) is 2.15. The summed E-state index contributed by atoms with van der Waals surface area (Å²) in [5.74, 6) is 0. The molecule has 6 nitrogen and oxygen atoms in total. The van der Waals surface area contributed by atoms with Crippen LogP contribution in [0.15, 0.2) is 53.4 Å². The number of nitro groups is 1. The van der Waals surface area contributed by atoms with Crippen molar-refractivity contribution >= 4 is 31.5 Å².